The Bertz CT molecular complexity index is 1470. The molecule has 35 heavy (non-hydrogen) atoms. The van der Waals surface area contributed by atoms with Crippen LogP contribution in [0.3, 0.4) is 0 Å². The third-order valence-corrected chi connectivity index (χ3v) is 6.58. The molecule has 1 aromatic carbocycles. The first kappa shape index (κ1) is 22.9. The van der Waals surface area contributed by atoms with E-state index in [0.29, 0.717) is 34.6 Å². The summed E-state index contributed by atoms with van der Waals surface area (Å²) in [7, 11) is 5.10. The van der Waals surface area contributed by atoms with Crippen LogP contribution >= 0.6 is 0 Å². The number of hydrogen-bond acceptors (Lipinski definition) is 9. The van der Waals surface area contributed by atoms with E-state index in [0.717, 1.165) is 51.7 Å². The molecule has 1 saturated carbocycles. The average Bonchev–Trinajstić information content (AvgIpc) is 3.47. The first-order chi connectivity index (χ1) is 16.8. The fourth-order valence-electron chi connectivity index (χ4n) is 4.53. The van der Waals surface area contributed by atoms with Crippen LogP contribution in [0.15, 0.2) is 28.6 Å². The number of hydrogen-bond donors (Lipinski definition) is 4. The number of H-pyrrole nitrogens is 1. The Morgan fingerprint density at radius 3 is 2.57 bits per heavy atom. The van der Waals surface area contributed by atoms with Crippen LogP contribution in [0.1, 0.15) is 30.1 Å². The van der Waals surface area contributed by atoms with Crippen LogP contribution in [-0.2, 0) is 4.74 Å². The lowest BCUT2D eigenvalue weighted by molar-refractivity contribution is 0.137. The summed E-state index contributed by atoms with van der Waals surface area (Å²) in [6, 6.07) is 4.01. The maximum absolute atomic E-state index is 8.49. The lowest BCUT2D eigenvalue weighted by Crippen LogP contribution is -2.25. The van der Waals surface area contributed by atoms with Gasteiger partial charge in [0.1, 0.15) is 40.2 Å². The zero-order valence-electron chi connectivity index (χ0n) is 20.7. The highest BCUT2D eigenvalue weighted by molar-refractivity contribution is 6.13. The van der Waals surface area contributed by atoms with Crippen molar-refractivity contribution < 1.29 is 14.0 Å². The van der Waals surface area contributed by atoms with Crippen LogP contribution in [0.2, 0.25) is 0 Å². The summed E-state index contributed by atoms with van der Waals surface area (Å²) >= 11 is 0. The molecule has 0 bridgehead atoms. The zero-order chi connectivity index (χ0) is 24.9. The number of methoxy groups -OCH3 is 2. The second kappa shape index (κ2) is 8.38. The Morgan fingerprint density at radius 2 is 1.97 bits per heavy atom. The summed E-state index contributed by atoms with van der Waals surface area (Å²) in [6.45, 7) is 5.65. The molecule has 10 nitrogen and oxygen atoms in total. The van der Waals surface area contributed by atoms with E-state index in [9.17, 15) is 0 Å². The van der Waals surface area contributed by atoms with Gasteiger partial charge in [-0.05, 0) is 45.7 Å². The third-order valence-electron chi connectivity index (χ3n) is 6.58. The Morgan fingerprint density at radius 1 is 1.20 bits per heavy atom. The SMILES string of the molecule is CN/C(=C\C(=N)C1(OC)CC1)Nc1nc(C)nc2[nH]c3cc(-c4c(C)noc4C)c(OC)cc3c12. The first-order valence-electron chi connectivity index (χ1n) is 11.4. The quantitative estimate of drug-likeness (QED) is 0.276. The second-order valence-corrected chi connectivity index (χ2v) is 8.81. The molecule has 4 N–H and O–H groups in total. The van der Waals surface area contributed by atoms with Gasteiger partial charge in [-0.2, -0.15) is 0 Å². The maximum atomic E-state index is 8.49. The van der Waals surface area contributed by atoms with Crippen molar-refractivity contribution >= 4 is 33.5 Å². The lowest BCUT2D eigenvalue weighted by atomic mass is 10.0. The third kappa shape index (κ3) is 3.79. The van der Waals surface area contributed by atoms with E-state index in [1.807, 2.05) is 32.9 Å². The van der Waals surface area contributed by atoms with Crippen LogP contribution < -0.4 is 15.4 Å². The highest BCUT2D eigenvalue weighted by Crippen LogP contribution is 2.42. The van der Waals surface area contributed by atoms with Crippen molar-refractivity contribution in [3.8, 4) is 16.9 Å². The molecule has 0 amide bonds. The number of anilines is 1. The molecule has 10 heteroatoms. The van der Waals surface area contributed by atoms with Crippen molar-refractivity contribution in [1.82, 2.24) is 25.4 Å². The molecule has 0 atom stereocenters. The number of aromatic nitrogens is 4. The Kier molecular flexibility index (Phi) is 5.47. The molecule has 1 aliphatic rings. The summed E-state index contributed by atoms with van der Waals surface area (Å²) < 4.78 is 16.7. The number of ether oxygens (including phenoxy) is 2. The van der Waals surface area contributed by atoms with Crippen LogP contribution in [0, 0.1) is 26.2 Å². The number of benzene rings is 1. The van der Waals surface area contributed by atoms with Gasteiger partial charge < -0.3 is 35.0 Å². The van der Waals surface area contributed by atoms with Crippen molar-refractivity contribution in [3.63, 3.8) is 0 Å². The topological polar surface area (TPSA) is 134 Å². The van der Waals surface area contributed by atoms with Gasteiger partial charge in [0.2, 0.25) is 0 Å². The average molecular weight is 476 g/mol. The molecule has 0 radical (unpaired) electrons. The molecule has 0 saturated heterocycles. The van der Waals surface area contributed by atoms with Gasteiger partial charge in [-0.25, -0.2) is 9.97 Å². The van der Waals surface area contributed by atoms with Crippen molar-refractivity contribution in [2.75, 3.05) is 26.6 Å². The van der Waals surface area contributed by atoms with Crippen molar-refractivity contribution in [2.45, 2.75) is 39.2 Å². The zero-order valence-corrected chi connectivity index (χ0v) is 20.7. The van der Waals surface area contributed by atoms with Crippen LogP contribution in [0.4, 0.5) is 5.82 Å². The molecular weight excluding hydrogens is 446 g/mol. The summed E-state index contributed by atoms with van der Waals surface area (Å²) in [6.07, 6.45) is 3.45. The van der Waals surface area contributed by atoms with Crippen molar-refractivity contribution in [2.24, 2.45) is 0 Å². The largest absolute Gasteiger partial charge is 0.496 e. The van der Waals surface area contributed by atoms with Crippen molar-refractivity contribution in [3.05, 3.63) is 41.3 Å². The van der Waals surface area contributed by atoms with Gasteiger partial charge >= 0.3 is 0 Å². The minimum Gasteiger partial charge on any atom is -0.496 e. The molecule has 182 valence electrons. The predicted octanol–water partition coefficient (Wildman–Crippen LogP) is 4.37. The number of fused-ring (bicyclic) bond motifs is 3. The number of aromatic amines is 1. The highest BCUT2D eigenvalue weighted by Gasteiger charge is 2.46. The number of aryl methyl sites for hydroxylation is 3. The van der Waals surface area contributed by atoms with Gasteiger partial charge in [0.05, 0.1) is 29.5 Å². The number of nitrogens with zero attached hydrogens (tertiary/aromatic N) is 3. The molecule has 3 aromatic heterocycles. The second-order valence-electron chi connectivity index (χ2n) is 8.81. The first-order valence-corrected chi connectivity index (χ1v) is 11.4. The smallest absolute Gasteiger partial charge is 0.145 e. The van der Waals surface area contributed by atoms with E-state index in [-0.39, 0.29) is 0 Å². The standard InChI is InChI=1S/C25H29N7O3/c1-12-21(13(2)35-32-12)16-9-17-15(10-18(16)33-5)22-23(30-17)28-14(3)29-24(22)31-20(27-4)11-19(26)25(34-6)7-8-25/h9-11,26-27H,7-8H2,1-6H3,(H2,28,29,30,31)/b20-11+,26-19?. The van der Waals surface area contributed by atoms with Crippen LogP contribution in [-0.4, -0.2) is 52.7 Å². The number of rotatable bonds is 8. The van der Waals surface area contributed by atoms with Crippen molar-refractivity contribution in [1.29, 1.82) is 5.41 Å². The van der Waals surface area contributed by atoms with E-state index < -0.39 is 5.60 Å². The van der Waals surface area contributed by atoms with E-state index in [4.69, 9.17) is 19.4 Å². The molecule has 5 rings (SSSR count). The van der Waals surface area contributed by atoms with Gasteiger partial charge in [-0.3, -0.25) is 0 Å². The Hall–Kier alpha value is -3.92. The number of nitrogens with one attached hydrogen (secondary N) is 4. The van der Waals surface area contributed by atoms with Gasteiger partial charge in [0.25, 0.3) is 0 Å². The van der Waals surface area contributed by atoms with Gasteiger partial charge in [-0.15, -0.1) is 0 Å². The fourth-order valence-corrected chi connectivity index (χ4v) is 4.53. The molecule has 0 spiro atoms. The highest BCUT2D eigenvalue weighted by atomic mass is 16.5. The molecular formula is C25H29N7O3. The molecule has 3 heterocycles. The minimum absolute atomic E-state index is 0.420. The summed E-state index contributed by atoms with van der Waals surface area (Å²) in [5, 5.41) is 20.8. The van der Waals surface area contributed by atoms with E-state index in [2.05, 4.69) is 30.7 Å². The van der Waals surface area contributed by atoms with Crippen LogP contribution in [0.25, 0.3) is 33.1 Å². The van der Waals surface area contributed by atoms with Gasteiger partial charge in [-0.1, -0.05) is 5.16 Å². The minimum atomic E-state index is -0.483. The maximum Gasteiger partial charge on any atom is 0.145 e. The summed E-state index contributed by atoms with van der Waals surface area (Å²) in [5.41, 5.74) is 4.12. The lowest BCUT2D eigenvalue weighted by Gasteiger charge is -2.15. The Balaban J connectivity index is 1.65. The normalized spacial score (nSPS) is 15.0. The predicted molar refractivity (Wildman–Crippen MR) is 135 cm³/mol. The van der Waals surface area contributed by atoms with E-state index in [1.165, 1.54) is 0 Å². The monoisotopic (exact) mass is 475 g/mol. The molecule has 4 aromatic rings. The fraction of sp³-hybridized carbons (Fsp3) is 0.360. The summed E-state index contributed by atoms with van der Waals surface area (Å²) in [5.74, 6) is 3.31. The van der Waals surface area contributed by atoms with E-state index in [1.54, 1.807) is 27.3 Å². The Labute approximate surface area is 202 Å². The van der Waals surface area contributed by atoms with Gasteiger partial charge in [0, 0.05) is 36.7 Å². The molecule has 0 aliphatic heterocycles. The van der Waals surface area contributed by atoms with E-state index >= 15 is 0 Å². The summed E-state index contributed by atoms with van der Waals surface area (Å²) in [4.78, 5) is 12.7. The molecule has 1 fully saturated rings. The molecule has 0 unspecified atom stereocenters. The van der Waals surface area contributed by atoms with Crippen LogP contribution in [0.5, 0.6) is 5.75 Å². The van der Waals surface area contributed by atoms with Gasteiger partial charge in [0.15, 0.2) is 0 Å². The molecule has 1 aliphatic carbocycles.